The Kier molecular flexibility index (Phi) is 5.04. The van der Waals surface area contributed by atoms with E-state index in [0.717, 1.165) is 12.0 Å². The van der Waals surface area contributed by atoms with E-state index in [1.807, 2.05) is 12.1 Å². The zero-order valence-corrected chi connectivity index (χ0v) is 12.8. The van der Waals surface area contributed by atoms with Gasteiger partial charge in [-0.2, -0.15) is 0 Å². The molecule has 4 heteroatoms. The molecule has 0 heterocycles. The van der Waals surface area contributed by atoms with E-state index < -0.39 is 5.97 Å². The van der Waals surface area contributed by atoms with Crippen LogP contribution in [0.25, 0.3) is 0 Å². The molecule has 2 aromatic rings. The summed E-state index contributed by atoms with van der Waals surface area (Å²) in [5.74, 6) is -0.830. The van der Waals surface area contributed by atoms with Crippen molar-refractivity contribution in [3.05, 3.63) is 59.2 Å². The van der Waals surface area contributed by atoms with Crippen LogP contribution in [-0.2, 0) is 6.54 Å². The van der Waals surface area contributed by atoms with Gasteiger partial charge in [-0.05, 0) is 35.6 Å². The molecule has 3 N–H and O–H groups in total. The number of phenols is 1. The Morgan fingerprint density at radius 1 is 1.18 bits per heavy atom. The van der Waals surface area contributed by atoms with Crippen LogP contribution in [0.15, 0.2) is 42.5 Å². The van der Waals surface area contributed by atoms with Gasteiger partial charge in [-0.1, -0.05) is 44.2 Å². The first-order valence-corrected chi connectivity index (χ1v) is 7.41. The van der Waals surface area contributed by atoms with Crippen LogP contribution in [0.3, 0.4) is 0 Å². The zero-order chi connectivity index (χ0) is 16.1. The number of rotatable bonds is 6. The lowest BCUT2D eigenvalue weighted by molar-refractivity contribution is 0.0694. The highest BCUT2D eigenvalue weighted by atomic mass is 16.4. The summed E-state index contributed by atoms with van der Waals surface area (Å²) in [5, 5.41) is 22.0. The molecular formula is C18H21NO3. The third-order valence-electron chi connectivity index (χ3n) is 3.91. The van der Waals surface area contributed by atoms with Crippen LogP contribution in [0.4, 0.5) is 5.69 Å². The largest absolute Gasteiger partial charge is 0.505 e. The lowest BCUT2D eigenvalue weighted by Crippen LogP contribution is -2.03. The Balaban J connectivity index is 2.07. The molecule has 0 aliphatic rings. The molecule has 1 atom stereocenters. The number of carboxylic acid groups (broad SMARTS) is 1. The summed E-state index contributed by atoms with van der Waals surface area (Å²) in [6.45, 7) is 4.89. The highest BCUT2D eigenvalue weighted by Gasteiger charge is 2.12. The van der Waals surface area contributed by atoms with Crippen molar-refractivity contribution >= 4 is 11.7 Å². The van der Waals surface area contributed by atoms with Crippen LogP contribution in [0.5, 0.6) is 5.75 Å². The molecule has 4 nitrogen and oxygen atoms in total. The number of aromatic carboxylic acids is 1. The molecule has 0 saturated heterocycles. The van der Waals surface area contributed by atoms with Gasteiger partial charge in [-0.15, -0.1) is 0 Å². The van der Waals surface area contributed by atoms with Crippen LogP contribution < -0.4 is 5.32 Å². The van der Waals surface area contributed by atoms with Crippen molar-refractivity contribution in [2.24, 2.45) is 0 Å². The Morgan fingerprint density at radius 2 is 1.86 bits per heavy atom. The van der Waals surface area contributed by atoms with Gasteiger partial charge in [0.25, 0.3) is 0 Å². The third kappa shape index (κ3) is 3.58. The second kappa shape index (κ2) is 6.98. The standard InChI is InChI=1S/C18H21NO3/c1-3-12(2)14-9-7-13(8-10-14)11-19-16-6-4-5-15(17(16)20)18(21)22/h4-10,12,19-20H,3,11H2,1-2H3,(H,21,22). The molecule has 2 aromatic carbocycles. The van der Waals surface area contributed by atoms with Gasteiger partial charge in [0.05, 0.1) is 5.69 Å². The summed E-state index contributed by atoms with van der Waals surface area (Å²) in [5.41, 5.74) is 2.71. The topological polar surface area (TPSA) is 69.6 Å². The second-order valence-corrected chi connectivity index (χ2v) is 5.41. The van der Waals surface area contributed by atoms with Gasteiger partial charge < -0.3 is 15.5 Å². The van der Waals surface area contributed by atoms with Crippen molar-refractivity contribution in [1.82, 2.24) is 0 Å². The van der Waals surface area contributed by atoms with Crippen LogP contribution in [-0.4, -0.2) is 16.2 Å². The molecule has 0 saturated carbocycles. The van der Waals surface area contributed by atoms with Crippen LogP contribution in [0, 0.1) is 0 Å². The number of aromatic hydroxyl groups is 1. The maximum atomic E-state index is 11.0. The summed E-state index contributed by atoms with van der Waals surface area (Å²) in [4.78, 5) is 11.0. The minimum atomic E-state index is -1.14. The summed E-state index contributed by atoms with van der Waals surface area (Å²) in [6.07, 6.45) is 1.10. The molecule has 2 rings (SSSR count). The van der Waals surface area contributed by atoms with Gasteiger partial charge in [-0.25, -0.2) is 4.79 Å². The minimum absolute atomic E-state index is 0.0999. The van der Waals surface area contributed by atoms with Crippen molar-refractivity contribution in [3.63, 3.8) is 0 Å². The highest BCUT2D eigenvalue weighted by Crippen LogP contribution is 2.28. The second-order valence-electron chi connectivity index (χ2n) is 5.41. The lowest BCUT2D eigenvalue weighted by Gasteiger charge is -2.12. The molecule has 0 aromatic heterocycles. The molecule has 0 fully saturated rings. The van der Waals surface area contributed by atoms with Gasteiger partial charge in [0.15, 0.2) is 5.75 Å². The average molecular weight is 299 g/mol. The van der Waals surface area contributed by atoms with Gasteiger partial charge in [-0.3, -0.25) is 0 Å². The van der Waals surface area contributed by atoms with Crippen molar-refractivity contribution in [3.8, 4) is 5.75 Å². The quantitative estimate of drug-likeness (QED) is 0.699. The monoisotopic (exact) mass is 299 g/mol. The van der Waals surface area contributed by atoms with E-state index in [1.165, 1.54) is 11.6 Å². The molecule has 0 aliphatic carbocycles. The van der Waals surface area contributed by atoms with E-state index in [9.17, 15) is 9.90 Å². The fourth-order valence-electron chi connectivity index (χ4n) is 2.26. The third-order valence-corrected chi connectivity index (χ3v) is 3.91. The zero-order valence-electron chi connectivity index (χ0n) is 12.8. The number of nitrogens with one attached hydrogen (secondary N) is 1. The normalized spacial score (nSPS) is 11.9. The first-order valence-electron chi connectivity index (χ1n) is 7.41. The lowest BCUT2D eigenvalue weighted by atomic mass is 9.98. The maximum absolute atomic E-state index is 11.0. The average Bonchev–Trinajstić information content (AvgIpc) is 2.53. The van der Waals surface area contributed by atoms with Gasteiger partial charge in [0, 0.05) is 6.54 Å². The van der Waals surface area contributed by atoms with E-state index in [2.05, 4.69) is 31.3 Å². The summed E-state index contributed by atoms with van der Waals surface area (Å²) < 4.78 is 0. The number of anilines is 1. The molecule has 0 bridgehead atoms. The Hall–Kier alpha value is -2.49. The minimum Gasteiger partial charge on any atom is -0.505 e. The first kappa shape index (κ1) is 15.9. The van der Waals surface area contributed by atoms with Crippen LogP contribution >= 0.6 is 0 Å². The van der Waals surface area contributed by atoms with Gasteiger partial charge in [0.2, 0.25) is 0 Å². The number of hydrogen-bond acceptors (Lipinski definition) is 3. The molecule has 0 amide bonds. The maximum Gasteiger partial charge on any atom is 0.339 e. The van der Waals surface area contributed by atoms with Crippen molar-refractivity contribution in [2.45, 2.75) is 32.7 Å². The predicted octanol–water partition coefficient (Wildman–Crippen LogP) is 4.22. The first-order chi connectivity index (χ1) is 10.5. The van der Waals surface area contributed by atoms with Crippen molar-refractivity contribution in [1.29, 1.82) is 0 Å². The van der Waals surface area contributed by atoms with E-state index in [1.54, 1.807) is 12.1 Å². The fourth-order valence-corrected chi connectivity index (χ4v) is 2.26. The number of hydrogen-bond donors (Lipinski definition) is 3. The summed E-state index contributed by atoms with van der Waals surface area (Å²) in [6, 6.07) is 13.0. The van der Waals surface area contributed by atoms with Crippen LogP contribution in [0.2, 0.25) is 0 Å². The molecular weight excluding hydrogens is 278 g/mol. The Morgan fingerprint density at radius 3 is 2.45 bits per heavy atom. The number of benzene rings is 2. The van der Waals surface area contributed by atoms with Crippen molar-refractivity contribution < 1.29 is 15.0 Å². The molecule has 22 heavy (non-hydrogen) atoms. The summed E-state index contributed by atoms with van der Waals surface area (Å²) >= 11 is 0. The van der Waals surface area contributed by atoms with Crippen molar-refractivity contribution in [2.75, 3.05) is 5.32 Å². The molecule has 1 unspecified atom stereocenters. The Bertz CT molecular complexity index is 650. The Labute approximate surface area is 130 Å². The molecule has 0 aliphatic heterocycles. The predicted molar refractivity (Wildman–Crippen MR) is 87.5 cm³/mol. The van der Waals surface area contributed by atoms with E-state index in [4.69, 9.17) is 5.11 Å². The highest BCUT2D eigenvalue weighted by molar-refractivity contribution is 5.93. The molecule has 0 spiro atoms. The summed E-state index contributed by atoms with van der Waals surface area (Å²) in [7, 11) is 0. The number of para-hydroxylation sites is 1. The van der Waals surface area contributed by atoms with Gasteiger partial charge >= 0.3 is 5.97 Å². The van der Waals surface area contributed by atoms with E-state index in [0.29, 0.717) is 18.2 Å². The fraction of sp³-hybridized carbons (Fsp3) is 0.278. The molecule has 0 radical (unpaired) electrons. The number of carboxylic acids is 1. The van der Waals surface area contributed by atoms with Crippen LogP contribution in [0.1, 0.15) is 47.7 Å². The smallest absolute Gasteiger partial charge is 0.339 e. The SMILES string of the molecule is CCC(C)c1ccc(CNc2cccc(C(=O)O)c2O)cc1. The van der Waals surface area contributed by atoms with E-state index >= 15 is 0 Å². The van der Waals surface area contributed by atoms with E-state index in [-0.39, 0.29) is 11.3 Å². The molecule has 116 valence electrons. The number of carbonyl (C=O) groups is 1. The van der Waals surface area contributed by atoms with Gasteiger partial charge in [0.1, 0.15) is 5.56 Å².